The van der Waals surface area contributed by atoms with Crippen molar-refractivity contribution in [1.29, 1.82) is 5.26 Å². The SMILES string of the molecule is CCOC(=O)C(CC(C)C)NC(=O)C(F)(F)Sc1ncc(Br)n1-c1ccc(C#N)c2ccccc12. The van der Waals surface area contributed by atoms with Crippen LogP contribution in [-0.4, -0.2) is 39.3 Å². The monoisotopic (exact) mass is 564 g/mol. The lowest BCUT2D eigenvalue weighted by atomic mass is 10.0. The average Bonchev–Trinajstić information content (AvgIpc) is 3.16. The van der Waals surface area contributed by atoms with Crippen molar-refractivity contribution in [2.45, 2.75) is 43.6 Å². The van der Waals surface area contributed by atoms with Gasteiger partial charge < -0.3 is 10.1 Å². The molecule has 0 fully saturated rings. The number of fused-ring (bicyclic) bond motifs is 1. The van der Waals surface area contributed by atoms with Gasteiger partial charge in [-0.05, 0) is 59.1 Å². The maximum atomic E-state index is 15.1. The number of nitrogens with zero attached hydrogens (tertiary/aromatic N) is 3. The minimum atomic E-state index is -3.94. The number of thioether (sulfide) groups is 1. The summed E-state index contributed by atoms with van der Waals surface area (Å²) in [6.45, 7) is 5.28. The highest BCUT2D eigenvalue weighted by molar-refractivity contribution is 9.10. The lowest BCUT2D eigenvalue weighted by molar-refractivity contribution is -0.150. The summed E-state index contributed by atoms with van der Waals surface area (Å²) >= 11 is 3.30. The van der Waals surface area contributed by atoms with Gasteiger partial charge >= 0.3 is 17.1 Å². The largest absolute Gasteiger partial charge is 0.464 e. The van der Waals surface area contributed by atoms with Gasteiger partial charge in [-0.15, -0.1) is 0 Å². The molecule has 3 aromatic rings. The molecule has 0 radical (unpaired) electrons. The van der Waals surface area contributed by atoms with E-state index in [0.717, 1.165) is 0 Å². The number of ether oxygens (including phenoxy) is 1. The minimum Gasteiger partial charge on any atom is -0.464 e. The van der Waals surface area contributed by atoms with Gasteiger partial charge in [-0.2, -0.15) is 14.0 Å². The molecular formula is C24H23BrF2N4O3S. The molecule has 7 nitrogen and oxygen atoms in total. The number of carbonyl (C=O) groups excluding carboxylic acids is 2. The molecule has 11 heteroatoms. The molecule has 1 heterocycles. The Morgan fingerprint density at radius 3 is 2.57 bits per heavy atom. The van der Waals surface area contributed by atoms with Gasteiger partial charge in [0.15, 0.2) is 5.16 Å². The summed E-state index contributed by atoms with van der Waals surface area (Å²) in [6, 6.07) is 11.3. The van der Waals surface area contributed by atoms with Crippen LogP contribution in [-0.2, 0) is 14.3 Å². The molecule has 1 unspecified atom stereocenters. The van der Waals surface area contributed by atoms with Crippen LogP contribution in [0.25, 0.3) is 16.5 Å². The van der Waals surface area contributed by atoms with Crippen molar-refractivity contribution >= 4 is 50.3 Å². The van der Waals surface area contributed by atoms with E-state index in [1.807, 2.05) is 13.8 Å². The molecule has 2 aromatic carbocycles. The summed E-state index contributed by atoms with van der Waals surface area (Å²) in [6.07, 6.45) is 1.51. The minimum absolute atomic E-state index is 0.0366. The molecule has 35 heavy (non-hydrogen) atoms. The van der Waals surface area contributed by atoms with Gasteiger partial charge in [0.25, 0.3) is 0 Å². The zero-order chi connectivity index (χ0) is 25.8. The fourth-order valence-corrected chi connectivity index (χ4v) is 4.87. The summed E-state index contributed by atoms with van der Waals surface area (Å²) in [7, 11) is 0. The molecule has 1 aromatic heterocycles. The second-order valence-electron chi connectivity index (χ2n) is 8.02. The molecule has 0 aliphatic rings. The molecule has 0 bridgehead atoms. The summed E-state index contributed by atoms with van der Waals surface area (Å²) < 4.78 is 36.9. The first kappa shape index (κ1) is 26.6. The fourth-order valence-electron chi connectivity index (χ4n) is 3.51. The number of benzene rings is 2. The number of imidazole rings is 1. The van der Waals surface area contributed by atoms with Crippen LogP contribution in [0.4, 0.5) is 8.78 Å². The number of rotatable bonds is 9. The van der Waals surface area contributed by atoms with Gasteiger partial charge in [0, 0.05) is 10.8 Å². The number of nitriles is 1. The second kappa shape index (κ2) is 11.2. The molecule has 0 aliphatic carbocycles. The van der Waals surface area contributed by atoms with Gasteiger partial charge in [-0.25, -0.2) is 9.78 Å². The number of carbonyl (C=O) groups is 2. The first-order valence-electron chi connectivity index (χ1n) is 10.8. The van der Waals surface area contributed by atoms with Crippen molar-refractivity contribution in [2.24, 2.45) is 5.92 Å². The van der Waals surface area contributed by atoms with Crippen LogP contribution in [0.15, 0.2) is 52.4 Å². The van der Waals surface area contributed by atoms with Crippen LogP contribution in [0, 0.1) is 17.2 Å². The highest BCUT2D eigenvalue weighted by Crippen LogP contribution is 2.39. The predicted octanol–water partition coefficient (Wildman–Crippen LogP) is 5.44. The Bertz CT molecular complexity index is 1290. The van der Waals surface area contributed by atoms with Gasteiger partial charge in [0.05, 0.1) is 30.1 Å². The summed E-state index contributed by atoms with van der Waals surface area (Å²) in [5, 5.41) is 8.77. The highest BCUT2D eigenvalue weighted by atomic mass is 79.9. The normalized spacial score (nSPS) is 12.4. The summed E-state index contributed by atoms with van der Waals surface area (Å²) in [5.41, 5.74) is 0.946. The van der Waals surface area contributed by atoms with E-state index in [1.54, 1.807) is 43.3 Å². The highest BCUT2D eigenvalue weighted by Gasteiger charge is 2.44. The third-order valence-corrected chi connectivity index (χ3v) is 6.49. The Balaban J connectivity index is 1.94. The third kappa shape index (κ3) is 6.00. The molecule has 1 N–H and O–H groups in total. The van der Waals surface area contributed by atoms with E-state index in [-0.39, 0.29) is 35.9 Å². The first-order chi connectivity index (χ1) is 16.6. The molecular weight excluding hydrogens is 542 g/mol. The van der Waals surface area contributed by atoms with E-state index in [9.17, 15) is 14.9 Å². The average molecular weight is 565 g/mol. The molecule has 184 valence electrons. The van der Waals surface area contributed by atoms with Crippen LogP contribution in [0.3, 0.4) is 0 Å². The van der Waals surface area contributed by atoms with Crippen molar-refractivity contribution in [2.75, 3.05) is 6.61 Å². The Morgan fingerprint density at radius 2 is 1.94 bits per heavy atom. The van der Waals surface area contributed by atoms with Crippen LogP contribution >= 0.6 is 27.7 Å². The lowest BCUT2D eigenvalue weighted by Crippen LogP contribution is -2.48. The molecule has 1 atom stereocenters. The number of nitrogens with one attached hydrogen (secondary N) is 1. The molecule has 0 spiro atoms. The number of alkyl halides is 2. The van der Waals surface area contributed by atoms with E-state index in [4.69, 9.17) is 4.74 Å². The molecule has 0 saturated carbocycles. The van der Waals surface area contributed by atoms with Crippen molar-refractivity contribution in [3.8, 4) is 11.8 Å². The number of halogens is 3. The molecule has 3 rings (SSSR count). The van der Waals surface area contributed by atoms with Crippen molar-refractivity contribution in [1.82, 2.24) is 14.9 Å². The topological polar surface area (TPSA) is 97.0 Å². The maximum Gasteiger partial charge on any atom is 0.377 e. The van der Waals surface area contributed by atoms with E-state index in [1.165, 1.54) is 10.8 Å². The third-order valence-electron chi connectivity index (χ3n) is 5.02. The standard InChI is InChI=1S/C24H23BrF2N4O3S/c1-4-34-21(32)18(11-14(2)3)30-22(33)24(26,27)35-23-29-13-20(25)31(23)19-10-9-15(12-28)16-7-5-6-8-17(16)19/h5-10,13-14,18H,4,11H2,1-3H3,(H,30,33). The number of hydrogen-bond donors (Lipinski definition) is 1. The van der Waals surface area contributed by atoms with Crippen LogP contribution in [0.5, 0.6) is 0 Å². The molecule has 1 amide bonds. The quantitative estimate of drug-likeness (QED) is 0.274. The van der Waals surface area contributed by atoms with Crippen molar-refractivity contribution in [3.05, 3.63) is 52.8 Å². The summed E-state index contributed by atoms with van der Waals surface area (Å²) in [5.74, 6) is -2.41. The Labute approximate surface area is 214 Å². The van der Waals surface area contributed by atoms with E-state index in [2.05, 4.69) is 32.3 Å². The van der Waals surface area contributed by atoms with Crippen LogP contribution in [0.1, 0.15) is 32.8 Å². The van der Waals surface area contributed by atoms with Gasteiger partial charge in [0.1, 0.15) is 10.6 Å². The second-order valence-corrected chi connectivity index (χ2v) is 9.91. The zero-order valence-corrected chi connectivity index (χ0v) is 21.6. The molecule has 0 saturated heterocycles. The van der Waals surface area contributed by atoms with Crippen LogP contribution in [0.2, 0.25) is 0 Å². The Kier molecular flexibility index (Phi) is 8.51. The molecule has 0 aliphatic heterocycles. The fraction of sp³-hybridized carbons (Fsp3) is 0.333. The first-order valence-corrected chi connectivity index (χ1v) is 12.4. The van der Waals surface area contributed by atoms with Gasteiger partial charge in [0.2, 0.25) is 0 Å². The maximum absolute atomic E-state index is 15.1. The predicted molar refractivity (Wildman–Crippen MR) is 132 cm³/mol. The zero-order valence-electron chi connectivity index (χ0n) is 19.2. The number of hydrogen-bond acceptors (Lipinski definition) is 6. The number of amides is 1. The van der Waals surface area contributed by atoms with Gasteiger partial charge in [-0.3, -0.25) is 9.36 Å². The van der Waals surface area contributed by atoms with Crippen LogP contribution < -0.4 is 5.32 Å². The van der Waals surface area contributed by atoms with Crippen molar-refractivity contribution in [3.63, 3.8) is 0 Å². The van der Waals surface area contributed by atoms with E-state index in [0.29, 0.717) is 26.6 Å². The lowest BCUT2D eigenvalue weighted by Gasteiger charge is -2.22. The number of esters is 1. The Hall–Kier alpha value is -2.97. The number of aromatic nitrogens is 2. The van der Waals surface area contributed by atoms with Gasteiger partial charge in [-0.1, -0.05) is 38.1 Å². The smallest absolute Gasteiger partial charge is 0.377 e. The van der Waals surface area contributed by atoms with E-state index >= 15 is 8.78 Å². The Morgan fingerprint density at radius 1 is 1.26 bits per heavy atom. The summed E-state index contributed by atoms with van der Waals surface area (Å²) in [4.78, 5) is 28.8. The van der Waals surface area contributed by atoms with E-state index < -0.39 is 23.2 Å². The van der Waals surface area contributed by atoms with Crippen molar-refractivity contribution < 1.29 is 23.1 Å².